The molecule has 45 heavy (non-hydrogen) atoms. The Bertz CT molecular complexity index is 1770. The Balaban J connectivity index is 0.000000403. The van der Waals surface area contributed by atoms with Crippen LogP contribution in [0.15, 0.2) is 58.8 Å². The van der Waals surface area contributed by atoms with Crippen LogP contribution in [0.5, 0.6) is 0 Å². The summed E-state index contributed by atoms with van der Waals surface area (Å²) < 4.78 is 51.7. The molecule has 2 aliphatic rings. The van der Waals surface area contributed by atoms with Crippen LogP contribution in [0.2, 0.25) is 0 Å². The Morgan fingerprint density at radius 3 is 1.40 bits per heavy atom. The molecule has 14 heteroatoms. The second kappa shape index (κ2) is 14.1. The first kappa shape index (κ1) is 34.2. The fourth-order valence-corrected chi connectivity index (χ4v) is 6.18. The molecule has 0 spiro atoms. The van der Waals surface area contributed by atoms with E-state index in [4.69, 9.17) is 9.11 Å². The number of fused-ring (bicyclic) bond motifs is 2. The molecule has 4 heterocycles. The van der Waals surface area contributed by atoms with Gasteiger partial charge in [0.25, 0.3) is 20.2 Å². The predicted molar refractivity (Wildman–Crippen MR) is 181 cm³/mol. The van der Waals surface area contributed by atoms with Crippen LogP contribution >= 0.6 is 0 Å². The van der Waals surface area contributed by atoms with Gasteiger partial charge in [0, 0.05) is 63.8 Å². The van der Waals surface area contributed by atoms with Crippen LogP contribution in [0.3, 0.4) is 0 Å². The van der Waals surface area contributed by atoms with E-state index in [-0.39, 0.29) is 5.41 Å². The number of nitrogens with one attached hydrogen (secondary N) is 4. The minimum Gasteiger partial charge on any atom is -0.368 e. The van der Waals surface area contributed by atoms with E-state index in [9.17, 15) is 16.8 Å². The van der Waals surface area contributed by atoms with Crippen LogP contribution in [0, 0.1) is 0 Å². The fourth-order valence-electron chi connectivity index (χ4n) is 6.18. The van der Waals surface area contributed by atoms with Crippen molar-refractivity contribution in [1.29, 1.82) is 0 Å². The highest BCUT2D eigenvalue weighted by Crippen LogP contribution is 2.46. The average Bonchev–Trinajstić information content (AvgIpc) is 3.77. The molecule has 244 valence electrons. The van der Waals surface area contributed by atoms with Crippen molar-refractivity contribution in [2.75, 3.05) is 38.7 Å². The molecule has 0 radical (unpaired) electrons. The number of rotatable bonds is 8. The summed E-state index contributed by atoms with van der Waals surface area (Å²) in [5, 5.41) is 9.42. The van der Waals surface area contributed by atoms with Gasteiger partial charge in [-0.3, -0.25) is 19.1 Å². The van der Waals surface area contributed by atoms with Crippen molar-refractivity contribution in [2.45, 2.75) is 44.9 Å². The lowest BCUT2D eigenvalue weighted by Gasteiger charge is -2.34. The fraction of sp³-hybridized carbons (Fsp3) is 0.419. The summed E-state index contributed by atoms with van der Waals surface area (Å²) in [6, 6.07) is 13.5. The van der Waals surface area contributed by atoms with Crippen LogP contribution in [0.25, 0.3) is 21.8 Å². The molecule has 6 rings (SSSR count). The van der Waals surface area contributed by atoms with E-state index >= 15 is 0 Å². The molecule has 2 aliphatic heterocycles. The first-order valence-electron chi connectivity index (χ1n) is 14.9. The monoisotopic (exact) mass is 658 g/mol. The van der Waals surface area contributed by atoms with E-state index in [1.54, 1.807) is 0 Å². The van der Waals surface area contributed by atoms with Crippen LogP contribution in [-0.4, -0.2) is 86.3 Å². The zero-order valence-corrected chi connectivity index (χ0v) is 27.6. The van der Waals surface area contributed by atoms with Crippen molar-refractivity contribution in [1.82, 2.24) is 20.6 Å². The van der Waals surface area contributed by atoms with Gasteiger partial charge in [0.2, 0.25) is 0 Å². The van der Waals surface area contributed by atoms with Crippen molar-refractivity contribution in [3.63, 3.8) is 0 Å². The molecule has 0 amide bonds. The number of hydrogen-bond donors (Lipinski definition) is 6. The Morgan fingerprint density at radius 1 is 0.711 bits per heavy atom. The number of H-pyrrole nitrogens is 2. The highest BCUT2D eigenvalue weighted by atomic mass is 32.2. The number of nitrogens with zero attached hydrogens (tertiary/aromatic N) is 2. The minimum absolute atomic E-state index is 0.0602. The van der Waals surface area contributed by atoms with E-state index in [1.165, 1.54) is 32.9 Å². The maximum Gasteiger partial charge on any atom is 0.261 e. The van der Waals surface area contributed by atoms with Gasteiger partial charge < -0.3 is 20.6 Å². The summed E-state index contributed by atoms with van der Waals surface area (Å²) >= 11 is 0. The van der Waals surface area contributed by atoms with Gasteiger partial charge in [-0.05, 0) is 36.1 Å². The van der Waals surface area contributed by atoms with Crippen LogP contribution in [0.1, 0.15) is 61.8 Å². The molecule has 0 unspecified atom stereocenters. The molecular weight excluding hydrogens is 617 g/mol. The van der Waals surface area contributed by atoms with E-state index in [1.807, 2.05) is 0 Å². The van der Waals surface area contributed by atoms with E-state index in [0.29, 0.717) is 12.5 Å². The van der Waals surface area contributed by atoms with Crippen molar-refractivity contribution < 1.29 is 25.9 Å². The molecule has 0 fully saturated rings. The summed E-state index contributed by atoms with van der Waals surface area (Å²) in [6.45, 7) is 8.16. The number of hydrogen-bond acceptors (Lipinski definition) is 8. The second-order valence-electron chi connectivity index (χ2n) is 11.3. The van der Waals surface area contributed by atoms with Crippen molar-refractivity contribution in [3.05, 3.63) is 71.0 Å². The van der Waals surface area contributed by atoms with Gasteiger partial charge in [-0.25, -0.2) is 0 Å². The van der Waals surface area contributed by atoms with Gasteiger partial charge in [0.05, 0.1) is 25.6 Å². The SMILES string of the molecule is CCCC(CCC)(c1c[nH]c2cc(C3=NCCN3)ccc12)c1c[nH]c2cc(C3=NCCN3)ccc12.CS(=O)(=O)O.CS(=O)(=O)O. The molecule has 0 atom stereocenters. The lowest BCUT2D eigenvalue weighted by molar-refractivity contribution is 0.432. The number of amidine groups is 2. The lowest BCUT2D eigenvalue weighted by atomic mass is 9.68. The number of aromatic nitrogens is 2. The zero-order valence-electron chi connectivity index (χ0n) is 26.0. The highest BCUT2D eigenvalue weighted by molar-refractivity contribution is 7.85. The van der Waals surface area contributed by atoms with Crippen molar-refractivity contribution in [3.8, 4) is 0 Å². The topological polar surface area (TPSA) is 189 Å². The minimum atomic E-state index is -3.67. The Kier molecular flexibility index (Phi) is 10.7. The maximum atomic E-state index is 9.19. The molecule has 0 aliphatic carbocycles. The second-order valence-corrected chi connectivity index (χ2v) is 14.2. The van der Waals surface area contributed by atoms with Crippen LogP contribution in [-0.2, 0) is 25.7 Å². The molecule has 4 aromatic rings. The molecular formula is C31H42N6O6S2. The number of aromatic amines is 2. The third-order valence-electron chi connectivity index (χ3n) is 7.64. The Hall–Kier alpha value is -3.72. The van der Waals surface area contributed by atoms with Gasteiger partial charge in [-0.15, -0.1) is 0 Å². The molecule has 12 nitrogen and oxygen atoms in total. The first-order chi connectivity index (χ1) is 21.2. The standard InChI is InChI=1S/C29H34N6.2CH4O3S/c1-3-9-29(10-4-2,23-17-34-25-15-19(5-7-21(23)25)27-30-11-12-31-27)24-18-35-26-16-20(6-8-22(24)26)28-32-13-14-33-28;2*1-5(2,3)4/h5-8,15-18,34-35H,3-4,9-14H2,1-2H3,(H,30,31)(H,32,33);2*1H3,(H,2,3,4). The van der Waals surface area contributed by atoms with E-state index in [0.717, 1.165) is 74.7 Å². The van der Waals surface area contributed by atoms with Crippen LogP contribution < -0.4 is 10.6 Å². The zero-order chi connectivity index (χ0) is 32.8. The third kappa shape index (κ3) is 8.72. The van der Waals surface area contributed by atoms with Crippen LogP contribution in [0.4, 0.5) is 0 Å². The van der Waals surface area contributed by atoms with E-state index in [2.05, 4.69) is 93.2 Å². The summed E-state index contributed by atoms with van der Waals surface area (Å²) in [7, 11) is -7.33. The van der Waals surface area contributed by atoms with Crippen molar-refractivity contribution >= 4 is 53.7 Å². The Labute approximate surface area is 264 Å². The highest BCUT2D eigenvalue weighted by Gasteiger charge is 2.37. The van der Waals surface area contributed by atoms with E-state index < -0.39 is 20.2 Å². The Morgan fingerprint density at radius 2 is 1.09 bits per heavy atom. The summed E-state index contributed by atoms with van der Waals surface area (Å²) in [5.41, 5.74) is 7.41. The van der Waals surface area contributed by atoms with Gasteiger partial charge >= 0.3 is 0 Å². The van der Waals surface area contributed by atoms with Gasteiger partial charge in [0.1, 0.15) is 11.7 Å². The number of benzene rings is 2. The summed E-state index contributed by atoms with van der Waals surface area (Å²) in [4.78, 5) is 16.5. The largest absolute Gasteiger partial charge is 0.368 e. The smallest absolute Gasteiger partial charge is 0.261 e. The van der Waals surface area contributed by atoms with Gasteiger partial charge in [-0.2, -0.15) is 16.8 Å². The molecule has 2 aromatic heterocycles. The molecule has 0 saturated heterocycles. The predicted octanol–water partition coefficient (Wildman–Crippen LogP) is 4.24. The lowest BCUT2D eigenvalue weighted by Crippen LogP contribution is -2.27. The maximum absolute atomic E-state index is 9.19. The molecule has 6 N–H and O–H groups in total. The first-order valence-corrected chi connectivity index (χ1v) is 18.6. The average molecular weight is 659 g/mol. The summed E-state index contributed by atoms with van der Waals surface area (Å²) in [5.74, 6) is 2.01. The van der Waals surface area contributed by atoms with Crippen molar-refractivity contribution in [2.24, 2.45) is 9.98 Å². The normalized spacial score (nSPS) is 15.0. The van der Waals surface area contributed by atoms with Gasteiger partial charge in [-0.1, -0.05) is 51.0 Å². The summed E-state index contributed by atoms with van der Waals surface area (Å²) in [6.07, 6.45) is 10.4. The quantitative estimate of drug-likeness (QED) is 0.152. The third-order valence-corrected chi connectivity index (χ3v) is 7.64. The molecule has 0 saturated carbocycles. The molecule has 2 aromatic carbocycles. The molecule has 0 bridgehead atoms. The van der Waals surface area contributed by atoms with Gasteiger partial charge in [0.15, 0.2) is 0 Å². The number of aliphatic imine (C=N–C) groups is 2.